The van der Waals surface area contributed by atoms with Crippen molar-refractivity contribution in [2.24, 2.45) is 0 Å². The molecule has 0 atom stereocenters. The molecule has 0 aliphatic carbocycles. The molecule has 0 amide bonds. The first-order valence-electron chi connectivity index (χ1n) is 4.25. The van der Waals surface area contributed by atoms with Crippen LogP contribution in [-0.2, 0) is 0 Å². The van der Waals surface area contributed by atoms with E-state index in [2.05, 4.69) is 9.97 Å². The average molecular weight is 222 g/mol. The van der Waals surface area contributed by atoms with E-state index in [1.807, 2.05) is 12.1 Å². The zero-order chi connectivity index (χ0) is 10.7. The number of nitrogens with two attached hydrogens (primary N) is 1. The number of benzene rings is 1. The second-order valence-corrected chi connectivity index (χ2v) is 3.22. The fourth-order valence-electron chi connectivity index (χ4n) is 1.05. The van der Waals surface area contributed by atoms with Gasteiger partial charge in [0.2, 0.25) is 5.88 Å². The average Bonchev–Trinajstić information content (AvgIpc) is 2.24. The Kier molecular flexibility index (Phi) is 2.69. The molecule has 15 heavy (non-hydrogen) atoms. The lowest BCUT2D eigenvalue weighted by molar-refractivity contribution is 0.464. The van der Waals surface area contributed by atoms with Crippen LogP contribution in [0, 0.1) is 0 Å². The molecule has 0 unspecified atom stereocenters. The van der Waals surface area contributed by atoms with Crippen LogP contribution in [0.1, 0.15) is 0 Å². The molecule has 0 saturated heterocycles. The number of hydrogen-bond donors (Lipinski definition) is 1. The van der Waals surface area contributed by atoms with Gasteiger partial charge in [0.1, 0.15) is 17.8 Å². The van der Waals surface area contributed by atoms with Crippen LogP contribution in [0.25, 0.3) is 0 Å². The summed E-state index contributed by atoms with van der Waals surface area (Å²) in [4.78, 5) is 7.66. The van der Waals surface area contributed by atoms with Crippen molar-refractivity contribution in [2.75, 3.05) is 5.73 Å². The highest BCUT2D eigenvalue weighted by Gasteiger charge is 2.05. The number of nitrogens with zero attached hydrogens (tertiary/aromatic N) is 2. The van der Waals surface area contributed by atoms with Crippen molar-refractivity contribution in [3.05, 3.63) is 41.8 Å². The highest BCUT2D eigenvalue weighted by atomic mass is 35.5. The van der Waals surface area contributed by atoms with Gasteiger partial charge in [-0.05, 0) is 12.1 Å². The van der Waals surface area contributed by atoms with E-state index in [-0.39, 0.29) is 0 Å². The highest BCUT2D eigenvalue weighted by Crippen LogP contribution is 2.29. The number of aromatic nitrogens is 2. The fourth-order valence-corrected chi connectivity index (χ4v) is 1.22. The van der Waals surface area contributed by atoms with Crippen molar-refractivity contribution in [2.45, 2.75) is 0 Å². The quantitative estimate of drug-likeness (QED) is 0.847. The smallest absolute Gasteiger partial charge is 0.245 e. The minimum Gasteiger partial charge on any atom is -0.435 e. The molecule has 4 nitrogen and oxygen atoms in total. The highest BCUT2D eigenvalue weighted by molar-refractivity contribution is 6.32. The standard InChI is InChI=1S/C10H8ClN3O/c11-7-3-1-2-4-9(7)15-10-8(12)5-13-6-14-10/h1-6H,12H2. The lowest BCUT2D eigenvalue weighted by atomic mass is 10.3. The summed E-state index contributed by atoms with van der Waals surface area (Å²) in [5.41, 5.74) is 6.00. The first kappa shape index (κ1) is 9.73. The van der Waals surface area contributed by atoms with E-state index in [4.69, 9.17) is 22.1 Å². The molecule has 0 saturated carbocycles. The van der Waals surface area contributed by atoms with E-state index >= 15 is 0 Å². The van der Waals surface area contributed by atoms with Crippen molar-refractivity contribution < 1.29 is 4.74 Å². The van der Waals surface area contributed by atoms with Crippen LogP contribution in [0.3, 0.4) is 0 Å². The number of para-hydroxylation sites is 1. The third-order valence-corrected chi connectivity index (χ3v) is 2.06. The molecule has 0 bridgehead atoms. The van der Waals surface area contributed by atoms with Crippen LogP contribution in [0.15, 0.2) is 36.8 Å². The normalized spacial score (nSPS) is 9.93. The molecule has 5 heteroatoms. The number of anilines is 1. The summed E-state index contributed by atoms with van der Waals surface area (Å²) in [7, 11) is 0. The molecule has 1 aromatic heterocycles. The van der Waals surface area contributed by atoms with Crippen LogP contribution >= 0.6 is 11.6 Å². The molecule has 0 fully saturated rings. The first-order chi connectivity index (χ1) is 7.27. The lowest BCUT2D eigenvalue weighted by Crippen LogP contribution is -1.95. The molecule has 2 rings (SSSR count). The zero-order valence-electron chi connectivity index (χ0n) is 7.72. The van der Waals surface area contributed by atoms with Crippen LogP contribution in [-0.4, -0.2) is 9.97 Å². The maximum atomic E-state index is 5.92. The van der Waals surface area contributed by atoms with E-state index in [9.17, 15) is 0 Å². The predicted molar refractivity (Wildman–Crippen MR) is 58.0 cm³/mol. The molecular formula is C10H8ClN3O. The predicted octanol–water partition coefficient (Wildman–Crippen LogP) is 2.50. The summed E-state index contributed by atoms with van der Waals surface area (Å²) in [5.74, 6) is 0.822. The Labute approximate surface area is 91.7 Å². The summed E-state index contributed by atoms with van der Waals surface area (Å²) in [6.07, 6.45) is 2.84. The lowest BCUT2D eigenvalue weighted by Gasteiger charge is -2.07. The van der Waals surface area contributed by atoms with Gasteiger partial charge in [-0.3, -0.25) is 0 Å². The zero-order valence-corrected chi connectivity index (χ0v) is 8.48. The van der Waals surface area contributed by atoms with Crippen LogP contribution < -0.4 is 10.5 Å². The number of ether oxygens (including phenoxy) is 1. The van der Waals surface area contributed by atoms with Crippen molar-refractivity contribution in [3.8, 4) is 11.6 Å². The molecule has 0 aliphatic heterocycles. The first-order valence-corrected chi connectivity index (χ1v) is 4.63. The van der Waals surface area contributed by atoms with Gasteiger partial charge in [-0.1, -0.05) is 23.7 Å². The molecule has 76 valence electrons. The third kappa shape index (κ3) is 2.16. The van der Waals surface area contributed by atoms with Crippen LogP contribution in [0.4, 0.5) is 5.69 Å². The molecule has 2 N–H and O–H groups in total. The van der Waals surface area contributed by atoms with Gasteiger partial charge >= 0.3 is 0 Å². The Morgan fingerprint density at radius 1 is 1.27 bits per heavy atom. The molecule has 1 heterocycles. The van der Waals surface area contributed by atoms with Gasteiger partial charge < -0.3 is 10.5 Å². The van der Waals surface area contributed by atoms with Gasteiger partial charge in [-0.15, -0.1) is 0 Å². The maximum Gasteiger partial charge on any atom is 0.245 e. The number of nitrogen functional groups attached to an aromatic ring is 1. The summed E-state index contributed by atoms with van der Waals surface area (Å²) >= 11 is 5.92. The third-order valence-electron chi connectivity index (χ3n) is 1.75. The van der Waals surface area contributed by atoms with Gasteiger partial charge in [0.15, 0.2) is 0 Å². The minimum atomic E-state index is 0.304. The fraction of sp³-hybridized carbons (Fsp3) is 0. The van der Waals surface area contributed by atoms with Crippen molar-refractivity contribution >= 4 is 17.3 Å². The summed E-state index contributed by atoms with van der Waals surface area (Å²) in [6.45, 7) is 0. The van der Waals surface area contributed by atoms with Crippen molar-refractivity contribution in [1.82, 2.24) is 9.97 Å². The SMILES string of the molecule is Nc1cncnc1Oc1ccccc1Cl. The van der Waals surface area contributed by atoms with Gasteiger partial charge in [-0.2, -0.15) is 4.98 Å². The second kappa shape index (κ2) is 4.14. The monoisotopic (exact) mass is 221 g/mol. The summed E-state index contributed by atoms with van der Waals surface area (Å²) < 4.78 is 5.43. The van der Waals surface area contributed by atoms with E-state index in [1.54, 1.807) is 12.1 Å². The molecule has 0 aliphatic rings. The largest absolute Gasteiger partial charge is 0.435 e. The molecule has 2 aromatic rings. The van der Waals surface area contributed by atoms with E-state index in [0.717, 1.165) is 0 Å². The topological polar surface area (TPSA) is 61.0 Å². The summed E-state index contributed by atoms with van der Waals surface area (Å²) in [6, 6.07) is 7.11. The minimum absolute atomic E-state index is 0.304. The van der Waals surface area contributed by atoms with Crippen molar-refractivity contribution in [3.63, 3.8) is 0 Å². The Hall–Kier alpha value is -1.81. The van der Waals surface area contributed by atoms with E-state index < -0.39 is 0 Å². The molecule has 1 aromatic carbocycles. The second-order valence-electron chi connectivity index (χ2n) is 2.82. The van der Waals surface area contributed by atoms with Crippen molar-refractivity contribution in [1.29, 1.82) is 0 Å². The van der Waals surface area contributed by atoms with Crippen LogP contribution in [0.2, 0.25) is 5.02 Å². The maximum absolute atomic E-state index is 5.92. The number of halogens is 1. The Morgan fingerprint density at radius 2 is 2.07 bits per heavy atom. The molecular weight excluding hydrogens is 214 g/mol. The molecule has 0 radical (unpaired) electrons. The van der Waals surface area contributed by atoms with Crippen LogP contribution in [0.5, 0.6) is 11.6 Å². The molecule has 0 spiro atoms. The Bertz CT molecular complexity index is 432. The van der Waals surface area contributed by atoms with Gasteiger partial charge in [0, 0.05) is 0 Å². The number of rotatable bonds is 2. The van der Waals surface area contributed by atoms with Gasteiger partial charge in [0.25, 0.3) is 0 Å². The Balaban J connectivity index is 2.30. The van der Waals surface area contributed by atoms with E-state index in [0.29, 0.717) is 22.3 Å². The Morgan fingerprint density at radius 3 is 2.80 bits per heavy atom. The van der Waals surface area contributed by atoms with Gasteiger partial charge in [-0.25, -0.2) is 4.98 Å². The number of hydrogen-bond acceptors (Lipinski definition) is 4. The van der Waals surface area contributed by atoms with Gasteiger partial charge in [0.05, 0.1) is 11.2 Å². The summed E-state index contributed by atoms with van der Waals surface area (Å²) in [5, 5.41) is 0.510. The van der Waals surface area contributed by atoms with E-state index in [1.165, 1.54) is 12.5 Å².